The molecule has 1 amide bonds. The van der Waals surface area contributed by atoms with Crippen LogP contribution >= 0.6 is 23.2 Å². The first-order valence-corrected chi connectivity index (χ1v) is 9.61. The summed E-state index contributed by atoms with van der Waals surface area (Å²) in [5.74, 6) is -0.985. The second-order valence-electron chi connectivity index (χ2n) is 5.49. The highest BCUT2D eigenvalue weighted by Gasteiger charge is 2.18. The third kappa shape index (κ3) is 5.71. The van der Waals surface area contributed by atoms with Gasteiger partial charge in [0.05, 0.1) is 27.0 Å². The van der Waals surface area contributed by atoms with Crippen LogP contribution in [0.5, 0.6) is 0 Å². The van der Waals surface area contributed by atoms with E-state index in [9.17, 15) is 18.0 Å². The number of nitrogens with one attached hydrogen (secondary N) is 1. The topological polar surface area (TPSA) is 116 Å². The van der Waals surface area contributed by atoms with Crippen LogP contribution in [0.15, 0.2) is 29.2 Å². The van der Waals surface area contributed by atoms with Gasteiger partial charge < -0.3 is 10.1 Å². The van der Waals surface area contributed by atoms with Crippen molar-refractivity contribution in [3.05, 3.63) is 34.3 Å². The molecular weight excluding hydrogens is 391 g/mol. The highest BCUT2D eigenvalue weighted by Crippen LogP contribution is 2.33. The van der Waals surface area contributed by atoms with Crippen molar-refractivity contribution in [2.75, 3.05) is 11.9 Å². The van der Waals surface area contributed by atoms with Crippen LogP contribution in [0.1, 0.15) is 19.3 Å². The molecule has 0 heterocycles. The number of anilines is 1. The van der Waals surface area contributed by atoms with E-state index in [4.69, 9.17) is 33.1 Å². The molecule has 0 saturated carbocycles. The molecule has 0 bridgehead atoms. The normalized spacial score (nSPS) is 16.7. The summed E-state index contributed by atoms with van der Waals surface area (Å²) in [6.07, 6.45) is 6.00. The SMILES string of the molecule is NS(=O)(=O)c1cc(Cl)c(NC(=O)COC(=O)C[C@H]2C=CCC2)c(Cl)c1. The summed E-state index contributed by atoms with van der Waals surface area (Å²) in [7, 11) is -3.98. The zero-order valence-corrected chi connectivity index (χ0v) is 15.3. The molecule has 0 unspecified atom stereocenters. The number of primary sulfonamides is 1. The summed E-state index contributed by atoms with van der Waals surface area (Å²) in [4.78, 5) is 23.3. The molecule has 10 heteroatoms. The maximum Gasteiger partial charge on any atom is 0.306 e. The largest absolute Gasteiger partial charge is 0.456 e. The average Bonchev–Trinajstić information content (AvgIpc) is 3.00. The van der Waals surface area contributed by atoms with Crippen LogP contribution in [-0.4, -0.2) is 26.9 Å². The van der Waals surface area contributed by atoms with E-state index in [1.54, 1.807) is 0 Å². The molecule has 0 spiro atoms. The number of hydrogen-bond donors (Lipinski definition) is 2. The molecule has 25 heavy (non-hydrogen) atoms. The standard InChI is InChI=1S/C15H16Cl2N2O5S/c16-11-6-10(25(18,22)23)7-12(17)15(11)19-13(20)8-24-14(21)5-9-3-1-2-4-9/h1,3,6-7,9H,2,4-5,8H2,(H,19,20)(H2,18,22,23)/t9-/m0/s1. The van der Waals surface area contributed by atoms with Crippen molar-refractivity contribution < 1.29 is 22.7 Å². The molecule has 3 N–H and O–H groups in total. The number of benzene rings is 1. The van der Waals surface area contributed by atoms with E-state index in [1.807, 2.05) is 12.2 Å². The van der Waals surface area contributed by atoms with E-state index < -0.39 is 28.5 Å². The van der Waals surface area contributed by atoms with Crippen molar-refractivity contribution >= 4 is 50.8 Å². The molecule has 1 aromatic rings. The second-order valence-corrected chi connectivity index (χ2v) is 7.86. The third-order valence-electron chi connectivity index (χ3n) is 3.51. The van der Waals surface area contributed by atoms with E-state index in [2.05, 4.69) is 5.32 Å². The molecule has 0 saturated heterocycles. The molecule has 0 radical (unpaired) electrons. The van der Waals surface area contributed by atoms with Crippen LogP contribution in [0, 0.1) is 5.92 Å². The van der Waals surface area contributed by atoms with Gasteiger partial charge in [-0.3, -0.25) is 9.59 Å². The lowest BCUT2D eigenvalue weighted by molar-refractivity contribution is -0.147. The summed E-state index contributed by atoms with van der Waals surface area (Å²) >= 11 is 11.9. The Morgan fingerprint density at radius 3 is 2.44 bits per heavy atom. The molecule has 1 aromatic carbocycles. The van der Waals surface area contributed by atoms with Crippen molar-refractivity contribution in [2.24, 2.45) is 11.1 Å². The van der Waals surface area contributed by atoms with Gasteiger partial charge in [0.25, 0.3) is 5.91 Å². The Kier molecular flexibility index (Phi) is 6.45. The Morgan fingerprint density at radius 2 is 1.92 bits per heavy atom. The third-order valence-corrected chi connectivity index (χ3v) is 5.00. The predicted octanol–water partition coefficient (Wildman–Crippen LogP) is 2.48. The Balaban J connectivity index is 1.94. The number of ether oxygens (including phenoxy) is 1. The molecule has 2 rings (SSSR count). The van der Waals surface area contributed by atoms with E-state index in [0.717, 1.165) is 25.0 Å². The highest BCUT2D eigenvalue weighted by molar-refractivity contribution is 7.89. The van der Waals surface area contributed by atoms with Crippen molar-refractivity contribution in [1.29, 1.82) is 0 Å². The van der Waals surface area contributed by atoms with Gasteiger partial charge >= 0.3 is 5.97 Å². The van der Waals surface area contributed by atoms with Gasteiger partial charge in [0.2, 0.25) is 10.0 Å². The zero-order chi connectivity index (χ0) is 18.6. The number of hydrogen-bond acceptors (Lipinski definition) is 5. The smallest absolute Gasteiger partial charge is 0.306 e. The van der Waals surface area contributed by atoms with E-state index in [0.29, 0.717) is 0 Å². The maximum atomic E-state index is 11.9. The summed E-state index contributed by atoms with van der Waals surface area (Å²) in [6.45, 7) is -0.501. The van der Waals surface area contributed by atoms with Gasteiger partial charge in [-0.1, -0.05) is 35.4 Å². The first-order valence-electron chi connectivity index (χ1n) is 7.31. The van der Waals surface area contributed by atoms with Crippen molar-refractivity contribution in [3.8, 4) is 0 Å². The minimum Gasteiger partial charge on any atom is -0.456 e. The first kappa shape index (κ1) is 19.7. The van der Waals surface area contributed by atoms with Gasteiger partial charge in [-0.2, -0.15) is 0 Å². The fraction of sp³-hybridized carbons (Fsp3) is 0.333. The zero-order valence-electron chi connectivity index (χ0n) is 13.0. The lowest BCUT2D eigenvalue weighted by Crippen LogP contribution is -2.22. The molecule has 0 aromatic heterocycles. The van der Waals surface area contributed by atoms with Gasteiger partial charge in [0, 0.05) is 0 Å². The maximum absolute atomic E-state index is 11.9. The molecule has 1 atom stereocenters. The summed E-state index contributed by atoms with van der Waals surface area (Å²) < 4.78 is 27.5. The fourth-order valence-corrected chi connectivity index (χ4v) is 3.57. The number of nitrogens with two attached hydrogens (primary N) is 1. The van der Waals surface area contributed by atoms with Crippen molar-refractivity contribution in [2.45, 2.75) is 24.2 Å². The highest BCUT2D eigenvalue weighted by atomic mass is 35.5. The first-order chi connectivity index (χ1) is 11.7. The minimum absolute atomic E-state index is 0.00973. The van der Waals surface area contributed by atoms with Crippen LogP contribution in [-0.2, 0) is 24.3 Å². The number of amides is 1. The number of halogens is 2. The van der Waals surface area contributed by atoms with Gasteiger partial charge in [0.1, 0.15) is 0 Å². The molecule has 136 valence electrons. The average molecular weight is 407 g/mol. The molecular formula is C15H16Cl2N2O5S. The van der Waals surface area contributed by atoms with Crippen molar-refractivity contribution in [1.82, 2.24) is 0 Å². The van der Waals surface area contributed by atoms with Crippen LogP contribution < -0.4 is 10.5 Å². The van der Waals surface area contributed by atoms with E-state index >= 15 is 0 Å². The van der Waals surface area contributed by atoms with Crippen molar-refractivity contribution in [3.63, 3.8) is 0 Å². The van der Waals surface area contributed by atoms with E-state index in [1.165, 1.54) is 0 Å². The Hall–Kier alpha value is -1.61. The Bertz CT molecular complexity index is 800. The lowest BCUT2D eigenvalue weighted by Gasteiger charge is -2.12. The van der Waals surface area contributed by atoms with E-state index in [-0.39, 0.29) is 33.0 Å². The summed E-state index contributed by atoms with van der Waals surface area (Å²) in [5.41, 5.74) is 0.00973. The minimum atomic E-state index is -3.98. The lowest BCUT2D eigenvalue weighted by atomic mass is 10.1. The summed E-state index contributed by atoms with van der Waals surface area (Å²) in [6, 6.07) is 2.13. The fourth-order valence-electron chi connectivity index (χ4n) is 2.29. The molecule has 0 aliphatic heterocycles. The molecule has 1 aliphatic carbocycles. The predicted molar refractivity (Wildman–Crippen MR) is 93.9 cm³/mol. The number of sulfonamides is 1. The molecule has 7 nitrogen and oxygen atoms in total. The number of carbonyl (C=O) groups is 2. The quantitative estimate of drug-likeness (QED) is 0.555. The van der Waals surface area contributed by atoms with Crippen LogP contribution in [0.4, 0.5) is 5.69 Å². The number of esters is 1. The number of allylic oxidation sites excluding steroid dienone is 2. The van der Waals surface area contributed by atoms with Gasteiger partial charge in [0.15, 0.2) is 6.61 Å². The molecule has 1 aliphatic rings. The van der Waals surface area contributed by atoms with Crippen LogP contribution in [0.3, 0.4) is 0 Å². The van der Waals surface area contributed by atoms with Crippen LogP contribution in [0.25, 0.3) is 0 Å². The summed E-state index contributed by atoms with van der Waals surface area (Å²) in [5, 5.41) is 7.17. The second kappa shape index (κ2) is 8.18. The Morgan fingerprint density at radius 1 is 1.28 bits per heavy atom. The number of rotatable bonds is 6. The van der Waals surface area contributed by atoms with Gasteiger partial charge in [-0.05, 0) is 30.9 Å². The Labute approximate surface area is 155 Å². The monoisotopic (exact) mass is 406 g/mol. The van der Waals surface area contributed by atoms with Gasteiger partial charge in [-0.15, -0.1) is 0 Å². The van der Waals surface area contributed by atoms with Gasteiger partial charge in [-0.25, -0.2) is 13.6 Å². The van der Waals surface area contributed by atoms with Crippen LogP contribution in [0.2, 0.25) is 10.0 Å². The molecule has 0 fully saturated rings. The number of carbonyl (C=O) groups excluding carboxylic acids is 2.